The number of hydrogen-bond acceptors (Lipinski definition) is 3. The number of fused-ring (bicyclic) bond motifs is 1. The molecule has 2 aromatic rings. The standard InChI is InChI=1S/C22H30N2O/c1-16(18-10-9-17-6-2-3-7-19(17)14-18)22(25)12-5-4-8-21(22)24-13-11-20(23)15-24/h2-3,6-7,9-10,14,16,20-21,25H,4-5,8,11-13,15,23H2,1H3/t16?,20-,21?,22?/m1/s1. The maximum Gasteiger partial charge on any atom is 0.0867 e. The second kappa shape index (κ2) is 6.71. The van der Waals surface area contributed by atoms with E-state index in [0.29, 0.717) is 0 Å². The molecular weight excluding hydrogens is 308 g/mol. The zero-order chi connectivity index (χ0) is 17.4. The summed E-state index contributed by atoms with van der Waals surface area (Å²) < 4.78 is 0. The van der Waals surface area contributed by atoms with Gasteiger partial charge in [-0.2, -0.15) is 0 Å². The lowest BCUT2D eigenvalue weighted by molar-refractivity contribution is -0.0838. The zero-order valence-corrected chi connectivity index (χ0v) is 15.2. The van der Waals surface area contributed by atoms with Gasteiger partial charge in [-0.25, -0.2) is 0 Å². The average molecular weight is 338 g/mol. The summed E-state index contributed by atoms with van der Waals surface area (Å²) in [4.78, 5) is 2.46. The van der Waals surface area contributed by atoms with Crippen molar-refractivity contribution in [2.75, 3.05) is 13.1 Å². The third-order valence-corrected chi connectivity index (χ3v) is 6.60. The topological polar surface area (TPSA) is 49.5 Å². The van der Waals surface area contributed by atoms with Gasteiger partial charge in [-0.05, 0) is 35.6 Å². The second-order valence-electron chi connectivity index (χ2n) is 8.12. The van der Waals surface area contributed by atoms with Crippen LogP contribution in [0.15, 0.2) is 42.5 Å². The van der Waals surface area contributed by atoms with Crippen molar-refractivity contribution >= 4 is 10.8 Å². The van der Waals surface area contributed by atoms with Crippen LogP contribution in [0.1, 0.15) is 50.5 Å². The Labute approximate surface area is 150 Å². The fourth-order valence-corrected chi connectivity index (χ4v) is 5.03. The molecule has 2 aliphatic rings. The second-order valence-corrected chi connectivity index (χ2v) is 8.12. The first kappa shape index (κ1) is 17.0. The zero-order valence-electron chi connectivity index (χ0n) is 15.2. The van der Waals surface area contributed by atoms with Crippen molar-refractivity contribution in [1.82, 2.24) is 4.90 Å². The van der Waals surface area contributed by atoms with Crippen LogP contribution in [-0.2, 0) is 0 Å². The van der Waals surface area contributed by atoms with Crippen LogP contribution in [0.4, 0.5) is 0 Å². The number of benzene rings is 2. The van der Waals surface area contributed by atoms with Crippen LogP contribution in [0.2, 0.25) is 0 Å². The molecule has 3 N–H and O–H groups in total. The molecular formula is C22H30N2O. The van der Waals surface area contributed by atoms with Gasteiger partial charge in [0.2, 0.25) is 0 Å². The highest BCUT2D eigenvalue weighted by Crippen LogP contribution is 2.43. The first-order chi connectivity index (χ1) is 12.1. The van der Waals surface area contributed by atoms with Gasteiger partial charge in [0.25, 0.3) is 0 Å². The number of rotatable bonds is 3. The van der Waals surface area contributed by atoms with Crippen LogP contribution < -0.4 is 5.73 Å². The van der Waals surface area contributed by atoms with E-state index < -0.39 is 5.60 Å². The molecule has 0 radical (unpaired) electrons. The summed E-state index contributed by atoms with van der Waals surface area (Å²) in [5, 5.41) is 14.3. The Morgan fingerprint density at radius 1 is 1.12 bits per heavy atom. The monoisotopic (exact) mass is 338 g/mol. The van der Waals surface area contributed by atoms with E-state index in [4.69, 9.17) is 5.73 Å². The molecule has 1 aliphatic carbocycles. The minimum absolute atomic E-state index is 0.124. The molecule has 25 heavy (non-hydrogen) atoms. The van der Waals surface area contributed by atoms with Gasteiger partial charge in [0.1, 0.15) is 0 Å². The Balaban J connectivity index is 1.65. The lowest BCUT2D eigenvalue weighted by Gasteiger charge is -2.48. The van der Waals surface area contributed by atoms with Crippen molar-refractivity contribution < 1.29 is 5.11 Å². The SMILES string of the molecule is CC(c1ccc2ccccc2c1)C1(O)CCCCC1N1CC[C@@H](N)C1. The molecule has 0 bridgehead atoms. The Hall–Kier alpha value is -1.42. The van der Waals surface area contributed by atoms with Gasteiger partial charge in [-0.15, -0.1) is 0 Å². The Morgan fingerprint density at radius 3 is 2.68 bits per heavy atom. The maximum absolute atomic E-state index is 11.8. The summed E-state index contributed by atoms with van der Waals surface area (Å²) in [7, 11) is 0. The summed E-state index contributed by atoms with van der Waals surface area (Å²) in [5.41, 5.74) is 6.73. The Morgan fingerprint density at radius 2 is 1.92 bits per heavy atom. The average Bonchev–Trinajstić information content (AvgIpc) is 3.07. The summed E-state index contributed by atoms with van der Waals surface area (Å²) in [6.45, 7) is 4.16. The number of aliphatic hydroxyl groups is 1. The van der Waals surface area contributed by atoms with Crippen LogP contribution in [0.25, 0.3) is 10.8 Å². The Bertz CT molecular complexity index is 746. The molecule has 3 unspecified atom stereocenters. The number of likely N-dealkylation sites (tertiary alicyclic amines) is 1. The van der Waals surface area contributed by atoms with Crippen molar-refractivity contribution in [3.05, 3.63) is 48.0 Å². The van der Waals surface area contributed by atoms with Crippen LogP contribution in [0, 0.1) is 0 Å². The number of hydrogen-bond donors (Lipinski definition) is 2. The summed E-state index contributed by atoms with van der Waals surface area (Å²) in [6.07, 6.45) is 5.35. The quantitative estimate of drug-likeness (QED) is 0.898. The first-order valence-corrected chi connectivity index (χ1v) is 9.78. The fourth-order valence-electron chi connectivity index (χ4n) is 5.03. The molecule has 4 rings (SSSR count). The summed E-state index contributed by atoms with van der Waals surface area (Å²) in [5.74, 6) is 0.124. The Kier molecular flexibility index (Phi) is 4.57. The highest BCUT2D eigenvalue weighted by atomic mass is 16.3. The molecule has 1 saturated carbocycles. The molecule has 3 heteroatoms. The number of nitrogens with zero attached hydrogens (tertiary/aromatic N) is 1. The van der Waals surface area contributed by atoms with E-state index in [9.17, 15) is 5.11 Å². The van der Waals surface area contributed by atoms with Crippen LogP contribution in [0.5, 0.6) is 0 Å². The van der Waals surface area contributed by atoms with Gasteiger partial charge in [-0.1, -0.05) is 62.2 Å². The lowest BCUT2D eigenvalue weighted by Crippen LogP contribution is -2.57. The smallest absolute Gasteiger partial charge is 0.0867 e. The largest absolute Gasteiger partial charge is 0.388 e. The molecule has 2 fully saturated rings. The third kappa shape index (κ3) is 3.10. The molecule has 0 spiro atoms. The minimum Gasteiger partial charge on any atom is -0.388 e. The third-order valence-electron chi connectivity index (χ3n) is 6.60. The van der Waals surface area contributed by atoms with E-state index in [-0.39, 0.29) is 18.0 Å². The molecule has 134 valence electrons. The molecule has 0 aromatic heterocycles. The molecule has 1 aliphatic heterocycles. The van der Waals surface area contributed by atoms with Crippen molar-refractivity contribution in [1.29, 1.82) is 0 Å². The van der Waals surface area contributed by atoms with E-state index in [1.54, 1.807) is 0 Å². The van der Waals surface area contributed by atoms with E-state index in [1.807, 2.05) is 0 Å². The molecule has 3 nitrogen and oxygen atoms in total. The molecule has 2 aromatic carbocycles. The van der Waals surface area contributed by atoms with Gasteiger partial charge >= 0.3 is 0 Å². The minimum atomic E-state index is -0.662. The van der Waals surface area contributed by atoms with Crippen molar-refractivity contribution in [2.24, 2.45) is 5.73 Å². The predicted octanol–water partition coefficient (Wildman–Crippen LogP) is 3.65. The van der Waals surface area contributed by atoms with E-state index in [2.05, 4.69) is 54.3 Å². The van der Waals surface area contributed by atoms with E-state index >= 15 is 0 Å². The van der Waals surface area contributed by atoms with Gasteiger partial charge in [0.15, 0.2) is 0 Å². The van der Waals surface area contributed by atoms with Crippen molar-refractivity contribution in [3.63, 3.8) is 0 Å². The molecule has 4 atom stereocenters. The molecule has 0 amide bonds. The predicted molar refractivity (Wildman–Crippen MR) is 104 cm³/mol. The van der Waals surface area contributed by atoms with Gasteiger partial charge in [-0.3, -0.25) is 4.90 Å². The van der Waals surface area contributed by atoms with Crippen molar-refractivity contribution in [2.45, 2.75) is 62.6 Å². The number of nitrogens with two attached hydrogens (primary N) is 1. The summed E-state index contributed by atoms with van der Waals surface area (Å²) in [6, 6.07) is 15.6. The highest BCUT2D eigenvalue weighted by molar-refractivity contribution is 5.83. The van der Waals surface area contributed by atoms with Gasteiger partial charge in [0, 0.05) is 31.1 Å². The highest BCUT2D eigenvalue weighted by Gasteiger charge is 2.47. The van der Waals surface area contributed by atoms with Crippen molar-refractivity contribution in [3.8, 4) is 0 Å². The van der Waals surface area contributed by atoms with Crippen LogP contribution in [0.3, 0.4) is 0 Å². The van der Waals surface area contributed by atoms with E-state index in [1.165, 1.54) is 22.8 Å². The van der Waals surface area contributed by atoms with E-state index in [0.717, 1.165) is 38.8 Å². The lowest BCUT2D eigenvalue weighted by atomic mass is 9.70. The summed E-state index contributed by atoms with van der Waals surface area (Å²) >= 11 is 0. The first-order valence-electron chi connectivity index (χ1n) is 9.78. The molecule has 1 heterocycles. The maximum atomic E-state index is 11.8. The molecule has 1 saturated heterocycles. The van der Waals surface area contributed by atoms with Gasteiger partial charge in [0.05, 0.1) is 5.60 Å². The van der Waals surface area contributed by atoms with Crippen LogP contribution in [-0.4, -0.2) is 40.8 Å². The van der Waals surface area contributed by atoms with Gasteiger partial charge < -0.3 is 10.8 Å². The normalized spacial score (nSPS) is 32.1. The fraction of sp³-hybridized carbons (Fsp3) is 0.545. The van der Waals surface area contributed by atoms with Crippen LogP contribution >= 0.6 is 0 Å².